The molecule has 0 saturated heterocycles. The number of hydrogen-bond donors (Lipinski definition) is 0. The van der Waals surface area contributed by atoms with E-state index in [9.17, 15) is 5.21 Å². The Bertz CT molecular complexity index is 355. The molecule has 0 N–H and O–H groups in total. The van der Waals surface area contributed by atoms with Crippen LogP contribution in [-0.2, 0) is 0 Å². The fraction of sp³-hybridized carbons (Fsp3) is 0. The van der Waals surface area contributed by atoms with Crippen molar-refractivity contribution in [2.45, 2.75) is 0 Å². The molecule has 0 aliphatic carbocycles. The largest absolute Gasteiger partial charge is 0.619 e. The van der Waals surface area contributed by atoms with Gasteiger partial charge in [0.2, 0.25) is 0 Å². The van der Waals surface area contributed by atoms with Crippen LogP contribution in [-0.4, -0.2) is 0 Å². The quantitative estimate of drug-likeness (QED) is 0.414. The van der Waals surface area contributed by atoms with E-state index in [0.29, 0.717) is 0 Å². The molecule has 10 heavy (non-hydrogen) atoms. The third kappa shape index (κ3) is 0.752. The zero-order valence-electron chi connectivity index (χ0n) is 5.15. The number of pyridine rings is 1. The highest BCUT2D eigenvalue weighted by Gasteiger charge is 1.96. The minimum atomic E-state index is 0.815. The first-order chi connectivity index (χ1) is 4.86. The lowest BCUT2D eigenvalue weighted by Crippen LogP contribution is -2.23. The Hall–Kier alpha value is -1.09. The van der Waals surface area contributed by atoms with Crippen LogP contribution in [0.2, 0.25) is 0 Å². The summed E-state index contributed by atoms with van der Waals surface area (Å²) in [6.45, 7) is 0. The van der Waals surface area contributed by atoms with Crippen molar-refractivity contribution in [2.75, 3.05) is 0 Å². The smallest absolute Gasteiger partial charge is 0.189 e. The SMILES string of the molecule is [O-][n+]1ccc2sccc2c1. The molecule has 0 unspecified atom stereocenters. The molecule has 50 valence electrons. The molecule has 2 aromatic rings. The van der Waals surface area contributed by atoms with Crippen LogP contribution in [0.5, 0.6) is 0 Å². The number of aromatic nitrogens is 1. The summed E-state index contributed by atoms with van der Waals surface area (Å²) in [6.07, 6.45) is 3.09. The molecular weight excluding hydrogens is 146 g/mol. The first kappa shape index (κ1) is 5.68. The van der Waals surface area contributed by atoms with E-state index in [-0.39, 0.29) is 0 Å². The van der Waals surface area contributed by atoms with Gasteiger partial charge in [-0.3, -0.25) is 0 Å². The van der Waals surface area contributed by atoms with E-state index in [1.54, 1.807) is 17.5 Å². The standard InChI is InChI=1S/C7H5NOS/c9-8-3-1-7-6(5-8)2-4-10-7/h1-5H. The molecule has 0 saturated carbocycles. The van der Waals surface area contributed by atoms with Gasteiger partial charge in [0.15, 0.2) is 12.4 Å². The molecule has 2 rings (SSSR count). The highest BCUT2D eigenvalue weighted by atomic mass is 32.1. The molecule has 0 aliphatic rings. The van der Waals surface area contributed by atoms with E-state index in [4.69, 9.17) is 0 Å². The van der Waals surface area contributed by atoms with E-state index in [0.717, 1.165) is 14.8 Å². The molecule has 0 atom stereocenters. The molecule has 3 heteroatoms. The summed E-state index contributed by atoms with van der Waals surface area (Å²) in [7, 11) is 0. The monoisotopic (exact) mass is 151 g/mol. The molecule has 0 aliphatic heterocycles. The second-order valence-corrected chi connectivity index (χ2v) is 2.99. The van der Waals surface area contributed by atoms with E-state index < -0.39 is 0 Å². The minimum Gasteiger partial charge on any atom is -0.619 e. The maximum atomic E-state index is 10.7. The van der Waals surface area contributed by atoms with Gasteiger partial charge in [-0.1, -0.05) is 0 Å². The van der Waals surface area contributed by atoms with Crippen molar-refractivity contribution in [3.05, 3.63) is 35.1 Å². The number of fused-ring (bicyclic) bond motifs is 1. The van der Waals surface area contributed by atoms with Crippen molar-refractivity contribution in [2.24, 2.45) is 0 Å². The molecule has 0 spiro atoms. The average molecular weight is 151 g/mol. The summed E-state index contributed by atoms with van der Waals surface area (Å²) in [5.74, 6) is 0. The third-order valence-electron chi connectivity index (χ3n) is 1.37. The average Bonchev–Trinajstić information content (AvgIpc) is 2.33. The first-order valence-corrected chi connectivity index (χ1v) is 3.80. The summed E-state index contributed by atoms with van der Waals surface area (Å²) in [5, 5.41) is 13.7. The summed E-state index contributed by atoms with van der Waals surface area (Å²) in [4.78, 5) is 0. The van der Waals surface area contributed by atoms with Crippen LogP contribution in [0.3, 0.4) is 0 Å². The molecule has 2 heterocycles. The summed E-state index contributed by atoms with van der Waals surface area (Å²) in [6, 6.07) is 3.77. The molecular formula is C7H5NOS. The Morgan fingerprint density at radius 1 is 1.40 bits per heavy atom. The van der Waals surface area contributed by atoms with Crippen molar-refractivity contribution >= 4 is 21.4 Å². The van der Waals surface area contributed by atoms with Gasteiger partial charge in [-0.25, -0.2) is 0 Å². The molecule has 0 amide bonds. The molecule has 0 radical (unpaired) electrons. The van der Waals surface area contributed by atoms with Gasteiger partial charge in [0.05, 0.1) is 5.39 Å². The summed E-state index contributed by atoms with van der Waals surface area (Å²) >= 11 is 1.64. The number of rotatable bonds is 0. The van der Waals surface area contributed by atoms with Crippen molar-refractivity contribution in [1.82, 2.24) is 0 Å². The van der Waals surface area contributed by atoms with Crippen LogP contribution < -0.4 is 4.73 Å². The Kier molecular flexibility index (Phi) is 1.11. The van der Waals surface area contributed by atoms with E-state index in [1.165, 1.54) is 6.20 Å². The van der Waals surface area contributed by atoms with Gasteiger partial charge in [-0.05, 0) is 11.4 Å². The van der Waals surface area contributed by atoms with Crippen LogP contribution in [0.25, 0.3) is 10.1 Å². The van der Waals surface area contributed by atoms with Gasteiger partial charge in [-0.2, -0.15) is 4.73 Å². The maximum Gasteiger partial charge on any atom is 0.189 e. The lowest BCUT2D eigenvalue weighted by atomic mass is 10.3. The van der Waals surface area contributed by atoms with Gasteiger partial charge < -0.3 is 5.21 Å². The molecule has 0 fully saturated rings. The number of hydrogen-bond acceptors (Lipinski definition) is 2. The van der Waals surface area contributed by atoms with Crippen LogP contribution in [0.4, 0.5) is 0 Å². The summed E-state index contributed by atoms with van der Waals surface area (Å²) < 4.78 is 1.97. The molecule has 0 bridgehead atoms. The van der Waals surface area contributed by atoms with E-state index in [1.807, 2.05) is 17.5 Å². The Labute approximate surface area is 61.9 Å². The number of thiophene rings is 1. The maximum absolute atomic E-state index is 10.7. The second kappa shape index (κ2) is 1.95. The van der Waals surface area contributed by atoms with Crippen LogP contribution in [0.1, 0.15) is 0 Å². The van der Waals surface area contributed by atoms with Gasteiger partial charge >= 0.3 is 0 Å². The highest BCUT2D eigenvalue weighted by molar-refractivity contribution is 7.17. The van der Waals surface area contributed by atoms with E-state index in [2.05, 4.69) is 0 Å². The van der Waals surface area contributed by atoms with Crippen LogP contribution in [0.15, 0.2) is 29.9 Å². The van der Waals surface area contributed by atoms with Crippen LogP contribution >= 0.6 is 11.3 Å². The van der Waals surface area contributed by atoms with Crippen molar-refractivity contribution in [3.8, 4) is 0 Å². The zero-order valence-corrected chi connectivity index (χ0v) is 5.97. The molecule has 0 aromatic carbocycles. The fourth-order valence-electron chi connectivity index (χ4n) is 0.894. The minimum absolute atomic E-state index is 0.815. The predicted octanol–water partition coefficient (Wildman–Crippen LogP) is 1.53. The fourth-order valence-corrected chi connectivity index (χ4v) is 1.65. The first-order valence-electron chi connectivity index (χ1n) is 2.92. The lowest BCUT2D eigenvalue weighted by molar-refractivity contribution is -0.603. The normalized spacial score (nSPS) is 10.4. The van der Waals surface area contributed by atoms with Gasteiger partial charge in [0, 0.05) is 10.8 Å². The Morgan fingerprint density at radius 3 is 3.20 bits per heavy atom. The predicted molar refractivity (Wildman–Crippen MR) is 40.8 cm³/mol. The van der Waals surface area contributed by atoms with Crippen molar-refractivity contribution in [3.63, 3.8) is 0 Å². The Balaban J connectivity index is 2.86. The molecule has 2 aromatic heterocycles. The second-order valence-electron chi connectivity index (χ2n) is 2.04. The summed E-state index contributed by atoms with van der Waals surface area (Å²) in [5.41, 5.74) is 0. The zero-order chi connectivity index (χ0) is 6.97. The van der Waals surface area contributed by atoms with Gasteiger partial charge in [0.25, 0.3) is 0 Å². The highest BCUT2D eigenvalue weighted by Crippen LogP contribution is 2.17. The van der Waals surface area contributed by atoms with E-state index >= 15 is 0 Å². The topological polar surface area (TPSA) is 26.9 Å². The van der Waals surface area contributed by atoms with Crippen molar-refractivity contribution < 1.29 is 4.73 Å². The van der Waals surface area contributed by atoms with Gasteiger partial charge in [-0.15, -0.1) is 11.3 Å². The lowest BCUT2D eigenvalue weighted by Gasteiger charge is -1.92. The number of nitrogens with zero attached hydrogens (tertiary/aromatic N) is 1. The van der Waals surface area contributed by atoms with Gasteiger partial charge in [0.1, 0.15) is 0 Å². The molecule has 2 nitrogen and oxygen atoms in total. The third-order valence-corrected chi connectivity index (χ3v) is 2.26. The van der Waals surface area contributed by atoms with Crippen LogP contribution in [0, 0.1) is 5.21 Å². The van der Waals surface area contributed by atoms with Crippen molar-refractivity contribution in [1.29, 1.82) is 0 Å². The Morgan fingerprint density at radius 2 is 2.30 bits per heavy atom.